The van der Waals surface area contributed by atoms with Crippen molar-refractivity contribution in [2.24, 2.45) is 5.73 Å². The van der Waals surface area contributed by atoms with Crippen LogP contribution in [0.25, 0.3) is 0 Å². The summed E-state index contributed by atoms with van der Waals surface area (Å²) in [4.78, 5) is 0. The van der Waals surface area contributed by atoms with Crippen LogP contribution in [0.2, 0.25) is 0 Å². The SMILES string of the molecule is Cc1cc(C2(N)CC2)cc(C)c1N. The molecule has 0 amide bonds. The summed E-state index contributed by atoms with van der Waals surface area (Å²) in [5, 5.41) is 0. The van der Waals surface area contributed by atoms with Gasteiger partial charge in [-0.2, -0.15) is 0 Å². The van der Waals surface area contributed by atoms with Crippen LogP contribution in [0.15, 0.2) is 12.1 Å². The Kier molecular flexibility index (Phi) is 1.64. The van der Waals surface area contributed by atoms with Crippen LogP contribution in [0.1, 0.15) is 29.5 Å². The Labute approximate surface area is 78.9 Å². The van der Waals surface area contributed by atoms with E-state index in [9.17, 15) is 0 Å². The topological polar surface area (TPSA) is 52.0 Å². The highest BCUT2D eigenvalue weighted by Crippen LogP contribution is 2.43. The lowest BCUT2D eigenvalue weighted by molar-refractivity contribution is 0.738. The lowest BCUT2D eigenvalue weighted by atomic mass is 9.99. The van der Waals surface area contributed by atoms with Crippen LogP contribution in [0, 0.1) is 13.8 Å². The highest BCUT2D eigenvalue weighted by molar-refractivity contribution is 5.56. The van der Waals surface area contributed by atoms with Crippen molar-refractivity contribution in [3.8, 4) is 0 Å². The predicted octanol–water partition coefficient (Wildman–Crippen LogP) is 1.83. The van der Waals surface area contributed by atoms with Crippen molar-refractivity contribution in [3.05, 3.63) is 28.8 Å². The molecule has 70 valence electrons. The molecular formula is C11H16N2. The maximum Gasteiger partial charge on any atom is 0.0411 e. The van der Waals surface area contributed by atoms with Crippen LogP contribution in [-0.2, 0) is 5.54 Å². The first-order valence-corrected chi connectivity index (χ1v) is 4.69. The molecule has 0 heterocycles. The number of hydrogen-bond donors (Lipinski definition) is 2. The van der Waals surface area contributed by atoms with Crippen molar-refractivity contribution in [3.63, 3.8) is 0 Å². The summed E-state index contributed by atoms with van der Waals surface area (Å²) in [5.74, 6) is 0. The molecule has 0 bridgehead atoms. The first-order valence-electron chi connectivity index (χ1n) is 4.69. The Morgan fingerprint density at radius 2 is 1.62 bits per heavy atom. The normalized spacial score (nSPS) is 18.7. The van der Waals surface area contributed by atoms with Crippen molar-refractivity contribution in [2.75, 3.05) is 5.73 Å². The largest absolute Gasteiger partial charge is 0.398 e. The van der Waals surface area contributed by atoms with E-state index in [0.717, 1.165) is 29.7 Å². The van der Waals surface area contributed by atoms with Gasteiger partial charge in [-0.3, -0.25) is 0 Å². The maximum atomic E-state index is 6.11. The van der Waals surface area contributed by atoms with Gasteiger partial charge in [-0.15, -0.1) is 0 Å². The van der Waals surface area contributed by atoms with E-state index in [2.05, 4.69) is 12.1 Å². The van der Waals surface area contributed by atoms with Gasteiger partial charge in [0.1, 0.15) is 0 Å². The number of nitrogen functional groups attached to an aromatic ring is 1. The average Bonchev–Trinajstić information content (AvgIpc) is 2.80. The molecule has 0 aliphatic heterocycles. The van der Waals surface area contributed by atoms with Crippen molar-refractivity contribution < 1.29 is 0 Å². The molecule has 0 radical (unpaired) electrons. The molecule has 1 aliphatic rings. The van der Waals surface area contributed by atoms with Gasteiger partial charge in [0.15, 0.2) is 0 Å². The highest BCUT2D eigenvalue weighted by Gasteiger charge is 2.40. The molecule has 1 aromatic rings. The molecule has 0 unspecified atom stereocenters. The van der Waals surface area contributed by atoms with Crippen LogP contribution in [0.5, 0.6) is 0 Å². The minimum Gasteiger partial charge on any atom is -0.398 e. The van der Waals surface area contributed by atoms with E-state index in [4.69, 9.17) is 11.5 Å². The Balaban J connectivity index is 2.50. The average molecular weight is 176 g/mol. The van der Waals surface area contributed by atoms with E-state index in [1.54, 1.807) is 0 Å². The molecule has 0 atom stereocenters. The Bertz CT molecular complexity index is 328. The Morgan fingerprint density at radius 1 is 1.15 bits per heavy atom. The Morgan fingerprint density at radius 3 is 2.00 bits per heavy atom. The standard InChI is InChI=1S/C11H16N2/c1-7-5-9(11(13)3-4-11)6-8(2)10(7)12/h5-6H,3-4,12-13H2,1-2H3. The second kappa shape index (κ2) is 2.48. The van der Waals surface area contributed by atoms with Crippen molar-refractivity contribution >= 4 is 5.69 Å². The van der Waals surface area contributed by atoms with Gasteiger partial charge in [-0.1, -0.05) is 12.1 Å². The molecule has 1 aliphatic carbocycles. The third-order valence-corrected chi connectivity index (χ3v) is 2.96. The molecule has 1 aromatic carbocycles. The zero-order chi connectivity index (χ0) is 9.64. The van der Waals surface area contributed by atoms with Crippen molar-refractivity contribution in [2.45, 2.75) is 32.2 Å². The minimum atomic E-state index is -0.0385. The molecule has 2 nitrogen and oxygen atoms in total. The van der Waals surface area contributed by atoms with Crippen LogP contribution >= 0.6 is 0 Å². The van der Waals surface area contributed by atoms with Gasteiger partial charge in [0.05, 0.1) is 0 Å². The summed E-state index contributed by atoms with van der Waals surface area (Å²) < 4.78 is 0. The van der Waals surface area contributed by atoms with Crippen LogP contribution < -0.4 is 11.5 Å². The molecule has 0 spiro atoms. The first kappa shape index (κ1) is 8.57. The van der Waals surface area contributed by atoms with Gasteiger partial charge in [0.2, 0.25) is 0 Å². The number of aryl methyl sites for hydroxylation is 2. The number of nitrogens with two attached hydrogens (primary N) is 2. The van der Waals surface area contributed by atoms with Crippen LogP contribution in [-0.4, -0.2) is 0 Å². The first-order chi connectivity index (χ1) is 6.03. The number of anilines is 1. The number of benzene rings is 1. The molecule has 2 heteroatoms. The summed E-state index contributed by atoms with van der Waals surface area (Å²) in [6.45, 7) is 4.08. The second-order valence-electron chi connectivity index (χ2n) is 4.18. The van der Waals surface area contributed by atoms with E-state index in [-0.39, 0.29) is 5.54 Å². The minimum absolute atomic E-state index is 0.0385. The molecular weight excluding hydrogens is 160 g/mol. The van der Waals surface area contributed by atoms with E-state index >= 15 is 0 Å². The number of rotatable bonds is 1. The lowest BCUT2D eigenvalue weighted by Crippen LogP contribution is -2.19. The van der Waals surface area contributed by atoms with E-state index in [1.807, 2.05) is 13.8 Å². The molecule has 4 N–H and O–H groups in total. The fourth-order valence-electron chi connectivity index (χ4n) is 1.69. The Hall–Kier alpha value is -1.02. The van der Waals surface area contributed by atoms with Gasteiger partial charge in [-0.05, 0) is 43.4 Å². The van der Waals surface area contributed by atoms with Crippen molar-refractivity contribution in [1.29, 1.82) is 0 Å². The van der Waals surface area contributed by atoms with E-state index < -0.39 is 0 Å². The van der Waals surface area contributed by atoms with Gasteiger partial charge < -0.3 is 11.5 Å². The van der Waals surface area contributed by atoms with Crippen molar-refractivity contribution in [1.82, 2.24) is 0 Å². The predicted molar refractivity (Wildman–Crippen MR) is 55.4 cm³/mol. The summed E-state index contributed by atoms with van der Waals surface area (Å²) in [5.41, 5.74) is 16.4. The van der Waals surface area contributed by atoms with Gasteiger partial charge >= 0.3 is 0 Å². The third-order valence-electron chi connectivity index (χ3n) is 2.96. The molecule has 0 saturated heterocycles. The summed E-state index contributed by atoms with van der Waals surface area (Å²) in [7, 11) is 0. The highest BCUT2D eigenvalue weighted by atomic mass is 14.8. The quantitative estimate of drug-likeness (QED) is 0.641. The zero-order valence-corrected chi connectivity index (χ0v) is 8.22. The smallest absolute Gasteiger partial charge is 0.0411 e. The molecule has 1 fully saturated rings. The monoisotopic (exact) mass is 176 g/mol. The maximum absolute atomic E-state index is 6.11. The summed E-state index contributed by atoms with van der Waals surface area (Å²) in [6, 6.07) is 4.24. The summed E-state index contributed by atoms with van der Waals surface area (Å²) in [6.07, 6.45) is 2.21. The lowest BCUT2D eigenvalue weighted by Gasteiger charge is -2.13. The molecule has 0 aromatic heterocycles. The molecule has 1 saturated carbocycles. The second-order valence-corrected chi connectivity index (χ2v) is 4.18. The zero-order valence-electron chi connectivity index (χ0n) is 8.22. The van der Waals surface area contributed by atoms with E-state index in [1.165, 1.54) is 5.56 Å². The van der Waals surface area contributed by atoms with Gasteiger partial charge in [0.25, 0.3) is 0 Å². The van der Waals surface area contributed by atoms with Crippen LogP contribution in [0.4, 0.5) is 5.69 Å². The third kappa shape index (κ3) is 1.31. The van der Waals surface area contributed by atoms with Gasteiger partial charge in [0, 0.05) is 11.2 Å². The fourth-order valence-corrected chi connectivity index (χ4v) is 1.69. The van der Waals surface area contributed by atoms with Crippen LogP contribution in [0.3, 0.4) is 0 Å². The fraction of sp³-hybridized carbons (Fsp3) is 0.455. The molecule has 2 rings (SSSR count). The van der Waals surface area contributed by atoms with Gasteiger partial charge in [-0.25, -0.2) is 0 Å². The summed E-state index contributed by atoms with van der Waals surface area (Å²) >= 11 is 0. The number of hydrogen-bond acceptors (Lipinski definition) is 2. The molecule has 13 heavy (non-hydrogen) atoms. The van der Waals surface area contributed by atoms with E-state index in [0.29, 0.717) is 0 Å².